The number of methoxy groups -OCH3 is 1. The van der Waals surface area contributed by atoms with Crippen LogP contribution in [0.4, 0.5) is 4.79 Å². The molecule has 0 aliphatic carbocycles. The average Bonchev–Trinajstić information content (AvgIpc) is 2.84. The third-order valence-corrected chi connectivity index (χ3v) is 6.02. The first-order valence-electron chi connectivity index (χ1n) is 11.2. The Morgan fingerprint density at radius 3 is 2.45 bits per heavy atom. The second-order valence-electron chi connectivity index (χ2n) is 8.14. The van der Waals surface area contributed by atoms with Gasteiger partial charge in [-0.2, -0.15) is 0 Å². The third-order valence-electron chi connectivity index (χ3n) is 6.02. The van der Waals surface area contributed by atoms with Gasteiger partial charge < -0.3 is 30.3 Å². The van der Waals surface area contributed by atoms with Crippen LogP contribution in [0.15, 0.2) is 18.3 Å². The van der Waals surface area contributed by atoms with Gasteiger partial charge in [0.2, 0.25) is 5.91 Å². The van der Waals surface area contributed by atoms with E-state index in [0.717, 1.165) is 0 Å². The summed E-state index contributed by atoms with van der Waals surface area (Å²) in [5, 5.41) is 9.17. The molecule has 2 saturated heterocycles. The Morgan fingerprint density at radius 2 is 1.88 bits per heavy atom. The lowest BCUT2D eigenvalue weighted by Crippen LogP contribution is -2.64. The van der Waals surface area contributed by atoms with Gasteiger partial charge in [-0.05, 0) is 57.8 Å². The Labute approximate surface area is 192 Å². The van der Waals surface area contributed by atoms with Crippen molar-refractivity contribution in [3.05, 3.63) is 29.6 Å². The van der Waals surface area contributed by atoms with Crippen LogP contribution < -0.4 is 16.0 Å². The van der Waals surface area contributed by atoms with E-state index >= 15 is 0 Å². The lowest BCUT2D eigenvalue weighted by molar-refractivity contribution is -0.129. The maximum Gasteiger partial charge on any atom is 0.409 e. The quantitative estimate of drug-likeness (QED) is 0.519. The van der Waals surface area contributed by atoms with Crippen LogP contribution in [0.25, 0.3) is 0 Å². The first-order chi connectivity index (χ1) is 15.9. The van der Waals surface area contributed by atoms with Crippen molar-refractivity contribution in [3.8, 4) is 0 Å². The number of nitrogens with one attached hydrogen (secondary N) is 3. The van der Waals surface area contributed by atoms with E-state index in [9.17, 15) is 19.2 Å². The van der Waals surface area contributed by atoms with Crippen molar-refractivity contribution < 1.29 is 28.7 Å². The summed E-state index contributed by atoms with van der Waals surface area (Å²) in [6.07, 6.45) is 3.04. The molecule has 11 nitrogen and oxygen atoms in total. The highest BCUT2D eigenvalue weighted by atomic mass is 16.6. The molecule has 33 heavy (non-hydrogen) atoms. The van der Waals surface area contributed by atoms with Gasteiger partial charge in [0.15, 0.2) is 0 Å². The summed E-state index contributed by atoms with van der Waals surface area (Å²) in [6, 6.07) is 2.80. The molecule has 3 N–H and O–H groups in total. The van der Waals surface area contributed by atoms with Gasteiger partial charge in [0, 0.05) is 25.3 Å². The molecule has 1 aromatic rings. The van der Waals surface area contributed by atoms with Gasteiger partial charge in [-0.15, -0.1) is 0 Å². The highest BCUT2D eigenvalue weighted by molar-refractivity contribution is 5.99. The summed E-state index contributed by atoms with van der Waals surface area (Å²) < 4.78 is 9.68. The van der Waals surface area contributed by atoms with Gasteiger partial charge in [-0.3, -0.25) is 14.6 Å². The fourth-order valence-electron chi connectivity index (χ4n) is 4.06. The van der Waals surface area contributed by atoms with E-state index in [4.69, 9.17) is 4.74 Å². The lowest BCUT2D eigenvalue weighted by Gasteiger charge is -2.39. The molecule has 180 valence electrons. The SMILES string of the molecule is CCOC(=O)N1CCC(NC(=O)C2(NC(=O)c3ccc(C(=O)OC)cn3)CCNCC2)CC1. The van der Waals surface area contributed by atoms with E-state index in [2.05, 4.69) is 25.7 Å². The number of hydrogen-bond donors (Lipinski definition) is 3. The minimum atomic E-state index is -1.07. The fraction of sp³-hybridized carbons (Fsp3) is 0.591. The van der Waals surface area contributed by atoms with E-state index in [1.807, 2.05) is 0 Å². The summed E-state index contributed by atoms with van der Waals surface area (Å²) in [4.78, 5) is 55.4. The molecule has 0 saturated carbocycles. The van der Waals surface area contributed by atoms with E-state index in [1.165, 1.54) is 25.4 Å². The molecule has 2 fully saturated rings. The fourth-order valence-corrected chi connectivity index (χ4v) is 4.06. The standard InChI is InChI=1S/C22H31N5O6/c1-3-33-21(31)27-12-6-16(7-13-27)25-20(30)22(8-10-23-11-9-22)26-18(28)17-5-4-15(14-24-17)19(29)32-2/h4-5,14,16,23H,3,6-13H2,1-2H3,(H,25,30)(H,26,28). The van der Waals surface area contributed by atoms with Crippen LogP contribution in [-0.2, 0) is 14.3 Å². The van der Waals surface area contributed by atoms with Gasteiger partial charge in [-0.1, -0.05) is 0 Å². The first kappa shape index (κ1) is 24.4. The third kappa shape index (κ3) is 5.98. The van der Waals surface area contributed by atoms with Crippen molar-refractivity contribution in [2.45, 2.75) is 44.2 Å². The second kappa shape index (κ2) is 11.1. The molecule has 1 aromatic heterocycles. The molecular weight excluding hydrogens is 430 g/mol. The minimum Gasteiger partial charge on any atom is -0.465 e. The van der Waals surface area contributed by atoms with Crippen LogP contribution in [-0.4, -0.2) is 85.2 Å². The van der Waals surface area contributed by atoms with Crippen LogP contribution >= 0.6 is 0 Å². The molecule has 0 aromatic carbocycles. The molecule has 2 aliphatic rings. The Balaban J connectivity index is 1.63. The maximum absolute atomic E-state index is 13.3. The number of pyridine rings is 1. The molecule has 3 heterocycles. The zero-order valence-electron chi connectivity index (χ0n) is 19.0. The van der Waals surface area contributed by atoms with E-state index in [0.29, 0.717) is 58.5 Å². The Bertz CT molecular complexity index is 861. The average molecular weight is 462 g/mol. The van der Waals surface area contributed by atoms with Gasteiger partial charge >= 0.3 is 12.1 Å². The number of carbonyl (C=O) groups is 4. The zero-order chi connectivity index (χ0) is 23.8. The first-order valence-corrected chi connectivity index (χ1v) is 11.2. The van der Waals surface area contributed by atoms with Crippen molar-refractivity contribution in [2.24, 2.45) is 0 Å². The Kier molecular flexibility index (Phi) is 8.21. The molecule has 0 bridgehead atoms. The number of carbonyl (C=O) groups excluding carboxylic acids is 4. The zero-order valence-corrected chi connectivity index (χ0v) is 19.0. The van der Waals surface area contributed by atoms with Gasteiger partial charge in [0.1, 0.15) is 11.2 Å². The number of esters is 1. The van der Waals surface area contributed by atoms with Crippen molar-refractivity contribution in [1.82, 2.24) is 25.8 Å². The number of ether oxygens (including phenoxy) is 2. The Morgan fingerprint density at radius 1 is 1.18 bits per heavy atom. The molecular formula is C22H31N5O6. The van der Waals surface area contributed by atoms with Crippen molar-refractivity contribution in [3.63, 3.8) is 0 Å². The van der Waals surface area contributed by atoms with Crippen molar-refractivity contribution in [1.29, 1.82) is 0 Å². The molecule has 11 heteroatoms. The number of rotatable bonds is 6. The molecule has 3 amide bonds. The Hall–Kier alpha value is -3.21. The highest BCUT2D eigenvalue weighted by Gasteiger charge is 2.42. The topological polar surface area (TPSA) is 139 Å². The van der Waals surface area contributed by atoms with Gasteiger partial charge in [0.25, 0.3) is 5.91 Å². The molecule has 0 spiro atoms. The monoisotopic (exact) mass is 461 g/mol. The van der Waals surface area contributed by atoms with E-state index < -0.39 is 17.4 Å². The summed E-state index contributed by atoms with van der Waals surface area (Å²) in [5.74, 6) is -1.27. The molecule has 0 atom stereocenters. The highest BCUT2D eigenvalue weighted by Crippen LogP contribution is 2.21. The molecule has 3 rings (SSSR count). The number of nitrogens with zero attached hydrogens (tertiary/aromatic N) is 2. The smallest absolute Gasteiger partial charge is 0.409 e. The van der Waals surface area contributed by atoms with E-state index in [1.54, 1.807) is 11.8 Å². The van der Waals surface area contributed by atoms with Crippen LogP contribution in [0.3, 0.4) is 0 Å². The summed E-state index contributed by atoms with van der Waals surface area (Å²) in [7, 11) is 1.27. The number of likely N-dealkylation sites (tertiary alicyclic amines) is 1. The maximum atomic E-state index is 13.3. The molecule has 0 unspecified atom stereocenters. The minimum absolute atomic E-state index is 0.0932. The van der Waals surface area contributed by atoms with Crippen LogP contribution in [0, 0.1) is 0 Å². The summed E-state index contributed by atoms with van der Waals surface area (Å²) in [6.45, 7) is 4.27. The molecule has 2 aliphatic heterocycles. The molecule has 0 radical (unpaired) electrons. The normalized spacial score (nSPS) is 18.2. The number of piperidine rings is 2. The number of hydrogen-bond acceptors (Lipinski definition) is 8. The van der Waals surface area contributed by atoms with Crippen LogP contribution in [0.5, 0.6) is 0 Å². The number of aromatic nitrogens is 1. The summed E-state index contributed by atoms with van der Waals surface area (Å²) >= 11 is 0. The second-order valence-corrected chi connectivity index (χ2v) is 8.14. The number of amides is 3. The lowest BCUT2D eigenvalue weighted by atomic mass is 9.86. The van der Waals surface area contributed by atoms with Crippen LogP contribution in [0.2, 0.25) is 0 Å². The van der Waals surface area contributed by atoms with Gasteiger partial charge in [0.05, 0.1) is 19.3 Å². The predicted molar refractivity (Wildman–Crippen MR) is 118 cm³/mol. The van der Waals surface area contributed by atoms with E-state index in [-0.39, 0.29) is 29.3 Å². The summed E-state index contributed by atoms with van der Waals surface area (Å²) in [5.41, 5.74) is -0.725. The van der Waals surface area contributed by atoms with Gasteiger partial charge in [-0.25, -0.2) is 9.59 Å². The van der Waals surface area contributed by atoms with Crippen molar-refractivity contribution >= 4 is 23.9 Å². The van der Waals surface area contributed by atoms with Crippen molar-refractivity contribution in [2.75, 3.05) is 39.9 Å². The van der Waals surface area contributed by atoms with Crippen LogP contribution in [0.1, 0.15) is 53.5 Å². The largest absolute Gasteiger partial charge is 0.465 e. The predicted octanol–water partition coefficient (Wildman–Crippen LogP) is 0.457.